The summed E-state index contributed by atoms with van der Waals surface area (Å²) in [6.45, 7) is 0. The molecule has 1 fully saturated rings. The Hall–Kier alpha value is -1.97. The van der Waals surface area contributed by atoms with Crippen molar-refractivity contribution >= 4 is 5.78 Å². The highest BCUT2D eigenvalue weighted by molar-refractivity contribution is 5.79. The Labute approximate surface area is 123 Å². The third kappa shape index (κ3) is 2.39. The van der Waals surface area contributed by atoms with E-state index in [2.05, 4.69) is 34.4 Å². The van der Waals surface area contributed by atoms with E-state index in [1.807, 2.05) is 0 Å². The van der Waals surface area contributed by atoms with Crippen LogP contribution < -0.4 is 0 Å². The van der Waals surface area contributed by atoms with Gasteiger partial charge in [-0.15, -0.1) is 0 Å². The molecule has 4 heteroatoms. The number of ketones is 1. The average molecular weight is 282 g/mol. The van der Waals surface area contributed by atoms with Crippen LogP contribution in [0.15, 0.2) is 28.8 Å². The minimum absolute atomic E-state index is 0.271. The average Bonchev–Trinajstić information content (AvgIpc) is 3.14. The van der Waals surface area contributed by atoms with Gasteiger partial charge in [0.25, 0.3) is 0 Å². The van der Waals surface area contributed by atoms with Crippen LogP contribution in [0.2, 0.25) is 0 Å². The van der Waals surface area contributed by atoms with Crippen molar-refractivity contribution in [2.45, 2.75) is 50.4 Å². The predicted molar refractivity (Wildman–Crippen MR) is 77.1 cm³/mol. The molecule has 108 valence electrons. The van der Waals surface area contributed by atoms with Gasteiger partial charge in [-0.1, -0.05) is 29.4 Å². The molecule has 4 rings (SSSR count). The lowest BCUT2D eigenvalue weighted by Crippen LogP contribution is -2.12. The van der Waals surface area contributed by atoms with E-state index in [0.29, 0.717) is 24.5 Å². The third-order valence-corrected chi connectivity index (χ3v) is 4.77. The molecular weight excluding hydrogens is 264 g/mol. The lowest BCUT2D eigenvalue weighted by Gasteiger charge is -2.16. The van der Waals surface area contributed by atoms with Crippen molar-refractivity contribution in [2.24, 2.45) is 0 Å². The number of rotatable bonds is 2. The molecule has 2 aromatic rings. The lowest BCUT2D eigenvalue weighted by atomic mass is 9.88. The van der Waals surface area contributed by atoms with Crippen LogP contribution in [0, 0.1) is 0 Å². The van der Waals surface area contributed by atoms with Crippen LogP contribution in [0.3, 0.4) is 0 Å². The van der Waals surface area contributed by atoms with Gasteiger partial charge in [0.15, 0.2) is 5.82 Å². The van der Waals surface area contributed by atoms with Gasteiger partial charge in [-0.25, -0.2) is 0 Å². The fraction of sp³-hybridized carbons (Fsp3) is 0.471. The normalized spacial score (nSPS) is 19.9. The van der Waals surface area contributed by atoms with Crippen molar-refractivity contribution in [1.82, 2.24) is 10.1 Å². The zero-order valence-electron chi connectivity index (χ0n) is 11.9. The van der Waals surface area contributed by atoms with Gasteiger partial charge in [-0.2, -0.15) is 4.98 Å². The molecule has 4 nitrogen and oxygen atoms in total. The van der Waals surface area contributed by atoms with Crippen LogP contribution in [0.25, 0.3) is 0 Å². The van der Waals surface area contributed by atoms with Crippen molar-refractivity contribution < 1.29 is 9.32 Å². The largest absolute Gasteiger partial charge is 0.339 e. The fourth-order valence-electron chi connectivity index (χ4n) is 3.51. The molecule has 0 bridgehead atoms. The molecule has 2 aliphatic rings. The maximum atomic E-state index is 11.3. The first-order chi connectivity index (χ1) is 10.3. The molecule has 0 spiro atoms. The van der Waals surface area contributed by atoms with Crippen molar-refractivity contribution in [1.29, 1.82) is 0 Å². The molecule has 0 unspecified atom stereocenters. The van der Waals surface area contributed by atoms with Gasteiger partial charge in [-0.3, -0.25) is 4.79 Å². The summed E-state index contributed by atoms with van der Waals surface area (Å²) in [7, 11) is 0. The number of aromatic nitrogens is 2. The van der Waals surface area contributed by atoms with Crippen LogP contribution >= 0.6 is 0 Å². The SMILES string of the molecule is O=C1CCC(c2nc(C3Cc4ccccc4C3)no2)CC1. The topological polar surface area (TPSA) is 56.0 Å². The maximum absolute atomic E-state index is 11.3. The van der Waals surface area contributed by atoms with E-state index in [4.69, 9.17) is 4.52 Å². The smallest absolute Gasteiger partial charge is 0.229 e. The molecule has 21 heavy (non-hydrogen) atoms. The standard InChI is InChI=1S/C17H18N2O2/c20-15-7-5-11(6-8-15)17-18-16(19-21-17)14-9-12-3-1-2-4-13(12)10-14/h1-4,11,14H,5-10H2. The summed E-state index contributed by atoms with van der Waals surface area (Å²) in [5, 5.41) is 4.20. The summed E-state index contributed by atoms with van der Waals surface area (Å²) in [4.78, 5) is 15.9. The van der Waals surface area contributed by atoms with Crippen molar-refractivity contribution in [2.75, 3.05) is 0 Å². The number of nitrogens with zero attached hydrogens (tertiary/aromatic N) is 2. The maximum Gasteiger partial charge on any atom is 0.229 e. The van der Waals surface area contributed by atoms with E-state index in [0.717, 1.165) is 37.4 Å². The van der Waals surface area contributed by atoms with Gasteiger partial charge in [0.1, 0.15) is 5.78 Å². The minimum Gasteiger partial charge on any atom is -0.339 e. The zero-order valence-corrected chi connectivity index (χ0v) is 11.9. The van der Waals surface area contributed by atoms with E-state index in [9.17, 15) is 4.79 Å². The number of hydrogen-bond donors (Lipinski definition) is 0. The summed E-state index contributed by atoms with van der Waals surface area (Å²) in [6, 6.07) is 8.54. The van der Waals surface area contributed by atoms with E-state index < -0.39 is 0 Å². The third-order valence-electron chi connectivity index (χ3n) is 4.77. The Morgan fingerprint density at radius 1 is 1.00 bits per heavy atom. The van der Waals surface area contributed by atoms with Crippen LogP contribution in [0.1, 0.15) is 60.4 Å². The van der Waals surface area contributed by atoms with Gasteiger partial charge in [0, 0.05) is 24.7 Å². The summed E-state index contributed by atoms with van der Waals surface area (Å²) >= 11 is 0. The number of fused-ring (bicyclic) bond motifs is 1. The zero-order chi connectivity index (χ0) is 14.2. The second-order valence-electron chi connectivity index (χ2n) is 6.18. The Balaban J connectivity index is 1.50. The molecule has 0 N–H and O–H groups in total. The Morgan fingerprint density at radius 2 is 1.67 bits per heavy atom. The van der Waals surface area contributed by atoms with Crippen LogP contribution in [0.5, 0.6) is 0 Å². The van der Waals surface area contributed by atoms with Crippen molar-refractivity contribution in [3.05, 3.63) is 47.1 Å². The molecule has 1 heterocycles. The summed E-state index contributed by atoms with van der Waals surface area (Å²) in [6.07, 6.45) is 5.00. The molecule has 1 saturated carbocycles. The van der Waals surface area contributed by atoms with Gasteiger partial charge in [0.2, 0.25) is 5.89 Å². The molecule has 0 saturated heterocycles. The first kappa shape index (κ1) is 12.7. The first-order valence-electron chi connectivity index (χ1n) is 7.71. The van der Waals surface area contributed by atoms with Gasteiger partial charge in [-0.05, 0) is 36.8 Å². The van der Waals surface area contributed by atoms with E-state index in [-0.39, 0.29) is 5.92 Å². The highest BCUT2D eigenvalue weighted by Gasteiger charge is 2.29. The molecule has 0 radical (unpaired) electrons. The Kier molecular flexibility index (Phi) is 3.09. The fourth-order valence-corrected chi connectivity index (χ4v) is 3.51. The molecular formula is C17H18N2O2. The molecule has 2 aliphatic carbocycles. The quantitative estimate of drug-likeness (QED) is 0.849. The van der Waals surface area contributed by atoms with Gasteiger partial charge >= 0.3 is 0 Å². The molecule has 1 aromatic carbocycles. The molecule has 0 aliphatic heterocycles. The molecule has 0 atom stereocenters. The second kappa shape index (κ2) is 5.10. The highest BCUT2D eigenvalue weighted by atomic mass is 16.5. The Morgan fingerprint density at radius 3 is 2.33 bits per heavy atom. The number of carbonyl (C=O) groups excluding carboxylic acids is 1. The number of hydrogen-bond acceptors (Lipinski definition) is 4. The molecule has 1 aromatic heterocycles. The first-order valence-corrected chi connectivity index (χ1v) is 7.71. The minimum atomic E-state index is 0.271. The van der Waals surface area contributed by atoms with E-state index in [1.54, 1.807) is 0 Å². The predicted octanol–water partition coefficient (Wildman–Crippen LogP) is 3.18. The van der Waals surface area contributed by atoms with Crippen molar-refractivity contribution in [3.63, 3.8) is 0 Å². The van der Waals surface area contributed by atoms with Crippen molar-refractivity contribution in [3.8, 4) is 0 Å². The van der Waals surface area contributed by atoms with E-state index in [1.165, 1.54) is 11.1 Å². The number of Topliss-reactive ketones (excluding diaryl/α,β-unsaturated/α-hetero) is 1. The molecule has 0 amide bonds. The summed E-state index contributed by atoms with van der Waals surface area (Å²) in [5.41, 5.74) is 2.80. The van der Waals surface area contributed by atoms with Crippen LogP contribution in [0.4, 0.5) is 0 Å². The van der Waals surface area contributed by atoms with Gasteiger partial charge < -0.3 is 4.52 Å². The lowest BCUT2D eigenvalue weighted by molar-refractivity contribution is -0.120. The summed E-state index contributed by atoms with van der Waals surface area (Å²) in [5.74, 6) is 2.53. The van der Waals surface area contributed by atoms with E-state index >= 15 is 0 Å². The highest BCUT2D eigenvalue weighted by Crippen LogP contribution is 2.35. The number of benzene rings is 1. The van der Waals surface area contributed by atoms with Gasteiger partial charge in [0.05, 0.1) is 0 Å². The summed E-state index contributed by atoms with van der Waals surface area (Å²) < 4.78 is 5.48. The second-order valence-corrected chi connectivity index (χ2v) is 6.18. The number of carbonyl (C=O) groups is 1. The van der Waals surface area contributed by atoms with Crippen LogP contribution in [-0.4, -0.2) is 15.9 Å². The Bertz CT molecular complexity index is 642. The van der Waals surface area contributed by atoms with Crippen LogP contribution in [-0.2, 0) is 17.6 Å². The monoisotopic (exact) mass is 282 g/mol.